The first kappa shape index (κ1) is 11.0. The Balaban J connectivity index is 2.09. The van der Waals surface area contributed by atoms with Gasteiger partial charge in [0.25, 0.3) is 5.56 Å². The fourth-order valence-electron chi connectivity index (χ4n) is 2.10. The molecular weight excluding hydrogens is 236 g/mol. The molecule has 0 aliphatic carbocycles. The summed E-state index contributed by atoms with van der Waals surface area (Å²) >= 11 is 0. The summed E-state index contributed by atoms with van der Waals surface area (Å²) < 4.78 is 6.97. The average Bonchev–Trinajstić information content (AvgIpc) is 2.60. The van der Waals surface area contributed by atoms with Gasteiger partial charge in [-0.25, -0.2) is 4.79 Å². The number of hydrogen-bond acceptors (Lipinski definition) is 3. The average molecular weight is 248 g/mol. The first-order valence-electron chi connectivity index (χ1n) is 5.72. The number of carboxylic acid groups (broad SMARTS) is 1. The Morgan fingerprint density at radius 3 is 2.94 bits per heavy atom. The molecule has 1 aliphatic rings. The van der Waals surface area contributed by atoms with Crippen LogP contribution in [0.2, 0.25) is 0 Å². The van der Waals surface area contributed by atoms with Gasteiger partial charge in [-0.3, -0.25) is 14.6 Å². The number of ether oxygens (including phenoxy) is 1. The van der Waals surface area contributed by atoms with Gasteiger partial charge >= 0.3 is 5.97 Å². The third kappa shape index (κ3) is 1.70. The number of hydrogen-bond donors (Lipinski definition) is 2. The van der Waals surface area contributed by atoms with Crippen molar-refractivity contribution in [1.29, 1.82) is 0 Å². The van der Waals surface area contributed by atoms with Crippen molar-refractivity contribution >= 4 is 16.9 Å². The number of aromatic amines is 1. The van der Waals surface area contributed by atoms with Gasteiger partial charge in [-0.15, -0.1) is 0 Å². The highest BCUT2D eigenvalue weighted by Gasteiger charge is 2.20. The van der Waals surface area contributed by atoms with Crippen LogP contribution in [0.3, 0.4) is 0 Å². The van der Waals surface area contributed by atoms with Crippen molar-refractivity contribution in [2.24, 2.45) is 0 Å². The minimum absolute atomic E-state index is 0.102. The Labute approximate surface area is 102 Å². The lowest BCUT2D eigenvalue weighted by atomic mass is 10.1. The van der Waals surface area contributed by atoms with Gasteiger partial charge in [0, 0.05) is 6.61 Å². The molecule has 0 radical (unpaired) electrons. The highest BCUT2D eigenvalue weighted by atomic mass is 16.5. The molecule has 6 heteroatoms. The lowest BCUT2D eigenvalue weighted by Crippen LogP contribution is -2.31. The molecule has 18 heavy (non-hydrogen) atoms. The van der Waals surface area contributed by atoms with E-state index in [2.05, 4.69) is 5.10 Å². The van der Waals surface area contributed by atoms with Gasteiger partial charge < -0.3 is 9.84 Å². The Kier molecular flexibility index (Phi) is 2.45. The first-order chi connectivity index (χ1) is 8.65. The summed E-state index contributed by atoms with van der Waals surface area (Å²) in [6, 6.07) is 4.48. The molecule has 0 saturated carbocycles. The second kappa shape index (κ2) is 3.99. The zero-order chi connectivity index (χ0) is 12.7. The predicted molar refractivity (Wildman–Crippen MR) is 63.9 cm³/mol. The van der Waals surface area contributed by atoms with E-state index in [1.807, 2.05) is 0 Å². The van der Waals surface area contributed by atoms with Gasteiger partial charge in [0.2, 0.25) is 0 Å². The van der Waals surface area contributed by atoms with E-state index in [0.29, 0.717) is 17.4 Å². The molecule has 2 N–H and O–H groups in total. The SMILES string of the molecule is O=C(O)c1ccc2c(=O)[nH]n(CC3CCO3)c2c1. The number of aromatic carboxylic acids is 1. The van der Waals surface area contributed by atoms with Crippen LogP contribution in [0.15, 0.2) is 23.0 Å². The van der Waals surface area contributed by atoms with Crippen LogP contribution in [0.5, 0.6) is 0 Å². The fraction of sp³-hybridized carbons (Fsp3) is 0.333. The minimum Gasteiger partial charge on any atom is -0.478 e. The molecule has 1 aliphatic heterocycles. The third-order valence-electron chi connectivity index (χ3n) is 3.20. The number of nitrogens with one attached hydrogen (secondary N) is 1. The van der Waals surface area contributed by atoms with Crippen molar-refractivity contribution in [3.63, 3.8) is 0 Å². The standard InChI is InChI=1S/C12H12N2O4/c15-11-9-2-1-7(12(16)17)5-10(9)14(13-11)6-8-3-4-18-8/h1-2,5,8H,3-4,6H2,(H,13,15)(H,16,17). The van der Waals surface area contributed by atoms with Crippen molar-refractivity contribution in [1.82, 2.24) is 9.78 Å². The fourth-order valence-corrected chi connectivity index (χ4v) is 2.10. The number of carbonyl (C=O) groups is 1. The summed E-state index contributed by atoms with van der Waals surface area (Å²) in [5.41, 5.74) is 0.571. The van der Waals surface area contributed by atoms with Crippen molar-refractivity contribution in [2.75, 3.05) is 6.61 Å². The van der Waals surface area contributed by atoms with Gasteiger partial charge in [-0.05, 0) is 24.6 Å². The summed E-state index contributed by atoms with van der Waals surface area (Å²) in [7, 11) is 0. The largest absolute Gasteiger partial charge is 0.478 e. The molecule has 3 rings (SSSR count). The summed E-state index contributed by atoms with van der Waals surface area (Å²) in [5.74, 6) is -1.00. The predicted octanol–water partition coefficient (Wildman–Crippen LogP) is 0.817. The molecule has 94 valence electrons. The molecular formula is C12H12N2O4. The highest BCUT2D eigenvalue weighted by molar-refractivity contribution is 5.93. The van der Waals surface area contributed by atoms with Crippen molar-refractivity contribution in [3.8, 4) is 0 Å². The lowest BCUT2D eigenvalue weighted by Gasteiger charge is -2.26. The zero-order valence-corrected chi connectivity index (χ0v) is 9.55. The topological polar surface area (TPSA) is 84.3 Å². The number of rotatable bonds is 3. The van der Waals surface area contributed by atoms with Crippen LogP contribution >= 0.6 is 0 Å². The maximum atomic E-state index is 11.7. The van der Waals surface area contributed by atoms with E-state index in [1.165, 1.54) is 18.2 Å². The van der Waals surface area contributed by atoms with Crippen LogP contribution in [0.1, 0.15) is 16.8 Å². The minimum atomic E-state index is -1.00. The Bertz CT molecular complexity index is 666. The summed E-state index contributed by atoms with van der Waals surface area (Å²) in [5, 5.41) is 12.2. The number of benzene rings is 1. The monoisotopic (exact) mass is 248 g/mol. The van der Waals surface area contributed by atoms with E-state index in [0.717, 1.165) is 13.0 Å². The molecule has 1 aromatic carbocycles. The maximum Gasteiger partial charge on any atom is 0.335 e. The van der Waals surface area contributed by atoms with Crippen LogP contribution in [0, 0.1) is 0 Å². The van der Waals surface area contributed by atoms with E-state index in [1.54, 1.807) is 4.68 Å². The molecule has 1 aromatic heterocycles. The van der Waals surface area contributed by atoms with Crippen molar-refractivity contribution in [3.05, 3.63) is 34.1 Å². The lowest BCUT2D eigenvalue weighted by molar-refractivity contribution is -0.0603. The zero-order valence-electron chi connectivity index (χ0n) is 9.55. The molecule has 2 heterocycles. The summed E-state index contributed by atoms with van der Waals surface area (Å²) in [6.07, 6.45) is 1.06. The van der Waals surface area contributed by atoms with E-state index in [9.17, 15) is 9.59 Å². The summed E-state index contributed by atoms with van der Waals surface area (Å²) in [6.45, 7) is 1.29. The smallest absolute Gasteiger partial charge is 0.335 e. The van der Waals surface area contributed by atoms with E-state index < -0.39 is 5.97 Å². The molecule has 1 fully saturated rings. The van der Waals surface area contributed by atoms with E-state index >= 15 is 0 Å². The number of fused-ring (bicyclic) bond motifs is 1. The molecule has 2 aromatic rings. The second-order valence-electron chi connectivity index (χ2n) is 4.37. The van der Waals surface area contributed by atoms with Gasteiger partial charge in [0.15, 0.2) is 0 Å². The third-order valence-corrected chi connectivity index (χ3v) is 3.20. The van der Waals surface area contributed by atoms with Crippen LogP contribution in [-0.2, 0) is 11.3 Å². The number of nitrogens with zero attached hydrogens (tertiary/aromatic N) is 1. The molecule has 6 nitrogen and oxygen atoms in total. The Morgan fingerprint density at radius 2 is 2.33 bits per heavy atom. The number of carboxylic acids is 1. The normalized spacial score (nSPS) is 18.8. The van der Waals surface area contributed by atoms with Gasteiger partial charge in [0.05, 0.1) is 29.1 Å². The number of H-pyrrole nitrogens is 1. The van der Waals surface area contributed by atoms with E-state index in [-0.39, 0.29) is 17.2 Å². The van der Waals surface area contributed by atoms with Gasteiger partial charge in [-0.1, -0.05) is 0 Å². The first-order valence-corrected chi connectivity index (χ1v) is 5.72. The maximum absolute atomic E-state index is 11.7. The number of aromatic nitrogens is 2. The molecule has 1 atom stereocenters. The van der Waals surface area contributed by atoms with Crippen LogP contribution in [0.4, 0.5) is 0 Å². The molecule has 0 amide bonds. The Morgan fingerprint density at radius 1 is 1.56 bits per heavy atom. The van der Waals surface area contributed by atoms with Crippen molar-refractivity contribution < 1.29 is 14.6 Å². The Hall–Kier alpha value is -2.08. The van der Waals surface area contributed by atoms with Crippen molar-refractivity contribution in [2.45, 2.75) is 19.1 Å². The second-order valence-corrected chi connectivity index (χ2v) is 4.37. The quantitative estimate of drug-likeness (QED) is 0.842. The van der Waals surface area contributed by atoms with Gasteiger partial charge in [0.1, 0.15) is 0 Å². The van der Waals surface area contributed by atoms with E-state index in [4.69, 9.17) is 9.84 Å². The van der Waals surface area contributed by atoms with Crippen LogP contribution in [-0.4, -0.2) is 33.6 Å². The highest BCUT2D eigenvalue weighted by Crippen LogP contribution is 2.17. The molecule has 1 saturated heterocycles. The summed E-state index contributed by atoms with van der Waals surface area (Å²) in [4.78, 5) is 22.6. The molecule has 0 spiro atoms. The van der Waals surface area contributed by atoms with Crippen LogP contribution < -0.4 is 5.56 Å². The molecule has 0 bridgehead atoms. The van der Waals surface area contributed by atoms with Gasteiger partial charge in [-0.2, -0.15) is 0 Å². The van der Waals surface area contributed by atoms with Crippen LogP contribution in [0.25, 0.3) is 10.9 Å². The molecule has 1 unspecified atom stereocenters.